The van der Waals surface area contributed by atoms with E-state index in [0.717, 1.165) is 42.3 Å². The second-order valence-corrected chi connectivity index (χ2v) is 5.99. The van der Waals surface area contributed by atoms with Gasteiger partial charge in [0.15, 0.2) is 5.96 Å². The molecule has 0 aliphatic carbocycles. The van der Waals surface area contributed by atoms with E-state index in [1.165, 1.54) is 0 Å². The molecule has 0 fully saturated rings. The Morgan fingerprint density at radius 1 is 1.00 bits per heavy atom. The van der Waals surface area contributed by atoms with Crippen LogP contribution in [0, 0.1) is 0 Å². The first kappa shape index (κ1) is 23.9. The molecule has 2 aromatic carbocycles. The maximum absolute atomic E-state index is 10.0. The van der Waals surface area contributed by atoms with Crippen molar-refractivity contribution in [3.05, 3.63) is 53.6 Å². The van der Waals surface area contributed by atoms with E-state index in [9.17, 15) is 5.11 Å². The monoisotopic (exact) mass is 499 g/mol. The molecule has 0 radical (unpaired) electrons. The number of rotatable bonds is 9. The Balaban J connectivity index is 0.00000392. The van der Waals surface area contributed by atoms with Crippen molar-refractivity contribution in [3.63, 3.8) is 0 Å². The molecule has 0 amide bonds. The van der Waals surface area contributed by atoms with E-state index in [1.54, 1.807) is 20.3 Å². The maximum atomic E-state index is 10.0. The van der Waals surface area contributed by atoms with Gasteiger partial charge in [0, 0.05) is 25.7 Å². The minimum atomic E-state index is 0. The summed E-state index contributed by atoms with van der Waals surface area (Å²) in [7, 11) is 3.27. The SMILES string of the molecule is CCNC(=NCCc1ccc(OC)cc1O)NCCc1ccccc1OC.I. The maximum Gasteiger partial charge on any atom is 0.191 e. The van der Waals surface area contributed by atoms with Crippen LogP contribution in [0.25, 0.3) is 0 Å². The number of aliphatic imine (C=N–C) groups is 1. The zero-order chi connectivity index (χ0) is 19.5. The second kappa shape index (κ2) is 13.1. The van der Waals surface area contributed by atoms with E-state index in [2.05, 4.69) is 21.7 Å². The Kier molecular flexibility index (Phi) is 11.2. The average molecular weight is 499 g/mol. The van der Waals surface area contributed by atoms with Gasteiger partial charge < -0.3 is 25.2 Å². The van der Waals surface area contributed by atoms with Gasteiger partial charge in [-0.25, -0.2) is 0 Å². The fourth-order valence-corrected chi connectivity index (χ4v) is 2.74. The fraction of sp³-hybridized carbons (Fsp3) is 0.381. The first-order valence-corrected chi connectivity index (χ1v) is 9.17. The molecule has 154 valence electrons. The number of phenols is 1. The van der Waals surface area contributed by atoms with E-state index < -0.39 is 0 Å². The summed E-state index contributed by atoms with van der Waals surface area (Å²) in [6, 6.07) is 13.3. The molecule has 7 heteroatoms. The van der Waals surface area contributed by atoms with Crippen molar-refractivity contribution < 1.29 is 14.6 Å². The zero-order valence-corrected chi connectivity index (χ0v) is 19.0. The van der Waals surface area contributed by atoms with Gasteiger partial charge in [0.25, 0.3) is 0 Å². The van der Waals surface area contributed by atoms with Gasteiger partial charge in [0.2, 0.25) is 0 Å². The Labute approximate surface area is 184 Å². The minimum Gasteiger partial charge on any atom is -0.508 e. The standard InChI is InChI=1S/C21H29N3O3.HI/c1-4-22-21(24-14-12-17-7-5-6-8-20(17)27-3)23-13-11-16-9-10-18(26-2)15-19(16)25;/h5-10,15,25H,4,11-14H2,1-3H3,(H2,22,23,24);1H. The molecular weight excluding hydrogens is 469 g/mol. The smallest absolute Gasteiger partial charge is 0.191 e. The third kappa shape index (κ3) is 7.46. The van der Waals surface area contributed by atoms with Gasteiger partial charge in [-0.05, 0) is 43.0 Å². The molecule has 0 unspecified atom stereocenters. The second-order valence-electron chi connectivity index (χ2n) is 5.99. The third-order valence-corrected chi connectivity index (χ3v) is 4.17. The number of ether oxygens (including phenoxy) is 2. The van der Waals surface area contributed by atoms with Crippen LogP contribution in [0.15, 0.2) is 47.5 Å². The Morgan fingerprint density at radius 2 is 1.79 bits per heavy atom. The highest BCUT2D eigenvalue weighted by atomic mass is 127. The number of hydrogen-bond donors (Lipinski definition) is 3. The molecule has 0 bridgehead atoms. The number of benzene rings is 2. The summed E-state index contributed by atoms with van der Waals surface area (Å²) < 4.78 is 10.5. The lowest BCUT2D eigenvalue weighted by atomic mass is 10.1. The highest BCUT2D eigenvalue weighted by molar-refractivity contribution is 14.0. The van der Waals surface area contributed by atoms with Crippen LogP contribution in [0.3, 0.4) is 0 Å². The summed E-state index contributed by atoms with van der Waals surface area (Å²) in [6.07, 6.45) is 1.49. The number of nitrogens with zero attached hydrogens (tertiary/aromatic N) is 1. The number of para-hydroxylation sites is 1. The van der Waals surface area contributed by atoms with Crippen LogP contribution < -0.4 is 20.1 Å². The number of methoxy groups -OCH3 is 2. The molecule has 28 heavy (non-hydrogen) atoms. The van der Waals surface area contributed by atoms with Crippen LogP contribution in [0.2, 0.25) is 0 Å². The van der Waals surface area contributed by atoms with Crippen molar-refractivity contribution in [1.82, 2.24) is 10.6 Å². The van der Waals surface area contributed by atoms with Crippen molar-refractivity contribution in [1.29, 1.82) is 0 Å². The normalized spacial score (nSPS) is 10.8. The van der Waals surface area contributed by atoms with Crippen molar-refractivity contribution in [2.75, 3.05) is 33.9 Å². The third-order valence-electron chi connectivity index (χ3n) is 4.17. The quantitative estimate of drug-likeness (QED) is 0.280. The number of halogens is 1. The lowest BCUT2D eigenvalue weighted by molar-refractivity contribution is 0.406. The molecule has 0 spiro atoms. The number of phenolic OH excluding ortho intramolecular Hbond substituents is 1. The molecule has 0 aliphatic rings. The summed E-state index contributed by atoms with van der Waals surface area (Å²) >= 11 is 0. The molecule has 0 heterocycles. The molecule has 0 aliphatic heterocycles. The van der Waals surface area contributed by atoms with E-state index in [4.69, 9.17) is 9.47 Å². The topological polar surface area (TPSA) is 75.1 Å². The Hall–Kier alpha value is -2.16. The number of guanidine groups is 1. The highest BCUT2D eigenvalue weighted by Gasteiger charge is 2.05. The van der Waals surface area contributed by atoms with Crippen molar-refractivity contribution in [3.8, 4) is 17.2 Å². The number of hydrogen-bond acceptors (Lipinski definition) is 4. The molecule has 0 saturated carbocycles. The van der Waals surface area contributed by atoms with Gasteiger partial charge in [0.1, 0.15) is 17.2 Å². The average Bonchev–Trinajstić information content (AvgIpc) is 2.69. The Morgan fingerprint density at radius 3 is 2.46 bits per heavy atom. The van der Waals surface area contributed by atoms with Gasteiger partial charge >= 0.3 is 0 Å². The predicted molar refractivity (Wildman–Crippen MR) is 124 cm³/mol. The van der Waals surface area contributed by atoms with Crippen molar-refractivity contribution in [2.24, 2.45) is 4.99 Å². The van der Waals surface area contributed by atoms with Crippen LogP contribution in [-0.4, -0.2) is 44.9 Å². The molecule has 2 rings (SSSR count). The summed E-state index contributed by atoms with van der Waals surface area (Å²) in [5.74, 6) is 2.54. The van der Waals surface area contributed by atoms with Crippen LogP contribution in [0.5, 0.6) is 17.2 Å². The van der Waals surface area contributed by atoms with Gasteiger partial charge in [-0.3, -0.25) is 4.99 Å². The van der Waals surface area contributed by atoms with Crippen LogP contribution in [0.4, 0.5) is 0 Å². The van der Waals surface area contributed by atoms with Crippen molar-refractivity contribution >= 4 is 29.9 Å². The van der Waals surface area contributed by atoms with E-state index >= 15 is 0 Å². The van der Waals surface area contributed by atoms with Gasteiger partial charge in [-0.1, -0.05) is 24.3 Å². The van der Waals surface area contributed by atoms with Crippen LogP contribution in [-0.2, 0) is 12.8 Å². The summed E-state index contributed by atoms with van der Waals surface area (Å²) in [5, 5.41) is 16.6. The van der Waals surface area contributed by atoms with E-state index in [1.807, 2.05) is 37.3 Å². The predicted octanol–water partition coefficient (Wildman–Crippen LogP) is 3.37. The summed E-state index contributed by atoms with van der Waals surface area (Å²) in [6.45, 7) is 4.14. The molecule has 2 aromatic rings. The number of nitrogens with one attached hydrogen (secondary N) is 2. The summed E-state index contributed by atoms with van der Waals surface area (Å²) in [4.78, 5) is 4.59. The Bertz CT molecular complexity index is 753. The molecular formula is C21H30IN3O3. The minimum absolute atomic E-state index is 0. The van der Waals surface area contributed by atoms with E-state index in [-0.39, 0.29) is 29.7 Å². The molecule has 0 saturated heterocycles. The van der Waals surface area contributed by atoms with Crippen LogP contribution >= 0.6 is 24.0 Å². The van der Waals surface area contributed by atoms with Gasteiger partial charge in [-0.15, -0.1) is 24.0 Å². The number of aromatic hydroxyl groups is 1. The van der Waals surface area contributed by atoms with Gasteiger partial charge in [-0.2, -0.15) is 0 Å². The zero-order valence-electron chi connectivity index (χ0n) is 16.7. The molecule has 3 N–H and O–H groups in total. The first-order chi connectivity index (χ1) is 13.2. The summed E-state index contributed by atoms with van der Waals surface area (Å²) in [5.41, 5.74) is 2.01. The largest absolute Gasteiger partial charge is 0.508 e. The molecule has 0 aromatic heterocycles. The lowest BCUT2D eigenvalue weighted by Crippen LogP contribution is -2.38. The molecule has 0 atom stereocenters. The van der Waals surface area contributed by atoms with Crippen LogP contribution in [0.1, 0.15) is 18.1 Å². The van der Waals surface area contributed by atoms with Gasteiger partial charge in [0.05, 0.1) is 14.2 Å². The van der Waals surface area contributed by atoms with E-state index in [0.29, 0.717) is 18.7 Å². The first-order valence-electron chi connectivity index (χ1n) is 9.17. The lowest BCUT2D eigenvalue weighted by Gasteiger charge is -2.13. The fourth-order valence-electron chi connectivity index (χ4n) is 2.74. The highest BCUT2D eigenvalue weighted by Crippen LogP contribution is 2.23. The molecule has 6 nitrogen and oxygen atoms in total. The van der Waals surface area contributed by atoms with Crippen molar-refractivity contribution in [2.45, 2.75) is 19.8 Å².